The molecule has 0 aromatic rings. The third kappa shape index (κ3) is 10.4. The summed E-state index contributed by atoms with van der Waals surface area (Å²) in [4.78, 5) is 0. The van der Waals surface area contributed by atoms with Crippen molar-refractivity contribution in [1.82, 2.24) is 5.32 Å². The summed E-state index contributed by atoms with van der Waals surface area (Å²) in [6, 6.07) is 0. The maximum absolute atomic E-state index is 8.91. The molecule has 0 radical (unpaired) electrons. The van der Waals surface area contributed by atoms with Crippen LogP contribution in [0.2, 0.25) is 0 Å². The average molecular weight is 231 g/mol. The standard InChI is InChI=1S/C13H29NO2/c1-2-7-13(8-11-16)12-14-9-5-3-4-6-10-15/h13-16H,2-12H2,1H3. The van der Waals surface area contributed by atoms with Crippen LogP contribution in [0.15, 0.2) is 0 Å². The molecule has 0 bridgehead atoms. The van der Waals surface area contributed by atoms with Crippen molar-refractivity contribution in [2.75, 3.05) is 26.3 Å². The molecule has 98 valence electrons. The van der Waals surface area contributed by atoms with Gasteiger partial charge in [-0.3, -0.25) is 0 Å². The van der Waals surface area contributed by atoms with Crippen molar-refractivity contribution in [2.45, 2.75) is 51.9 Å². The van der Waals surface area contributed by atoms with E-state index in [1.807, 2.05) is 0 Å². The highest BCUT2D eigenvalue weighted by atomic mass is 16.3. The van der Waals surface area contributed by atoms with Crippen LogP contribution in [0.4, 0.5) is 0 Å². The van der Waals surface area contributed by atoms with Crippen LogP contribution in [0, 0.1) is 5.92 Å². The third-order valence-corrected chi connectivity index (χ3v) is 2.93. The molecule has 0 spiro atoms. The predicted molar refractivity (Wildman–Crippen MR) is 68.5 cm³/mol. The quantitative estimate of drug-likeness (QED) is 0.450. The number of unbranched alkanes of at least 4 members (excludes halogenated alkanes) is 3. The lowest BCUT2D eigenvalue weighted by atomic mass is 10.0. The summed E-state index contributed by atoms with van der Waals surface area (Å²) in [7, 11) is 0. The van der Waals surface area contributed by atoms with E-state index in [1.54, 1.807) is 0 Å². The highest BCUT2D eigenvalue weighted by Gasteiger charge is 2.05. The van der Waals surface area contributed by atoms with Crippen LogP contribution in [0.5, 0.6) is 0 Å². The lowest BCUT2D eigenvalue weighted by molar-refractivity contribution is 0.248. The molecular formula is C13H29NO2. The molecule has 0 saturated heterocycles. The normalized spacial score (nSPS) is 12.9. The van der Waals surface area contributed by atoms with Crippen LogP contribution in [-0.2, 0) is 0 Å². The van der Waals surface area contributed by atoms with Gasteiger partial charge in [0.2, 0.25) is 0 Å². The molecule has 3 N–H and O–H groups in total. The van der Waals surface area contributed by atoms with Crippen molar-refractivity contribution in [3.05, 3.63) is 0 Å². The van der Waals surface area contributed by atoms with Gasteiger partial charge in [-0.15, -0.1) is 0 Å². The van der Waals surface area contributed by atoms with Crippen LogP contribution < -0.4 is 5.32 Å². The van der Waals surface area contributed by atoms with Gasteiger partial charge in [-0.05, 0) is 44.7 Å². The molecule has 0 fully saturated rings. The minimum absolute atomic E-state index is 0.308. The molecule has 3 nitrogen and oxygen atoms in total. The van der Waals surface area contributed by atoms with Crippen molar-refractivity contribution in [1.29, 1.82) is 0 Å². The average Bonchev–Trinajstić information content (AvgIpc) is 2.28. The Kier molecular flexibility index (Phi) is 12.9. The zero-order valence-corrected chi connectivity index (χ0v) is 10.7. The Bertz CT molecular complexity index is 125. The molecule has 0 amide bonds. The number of nitrogens with one attached hydrogen (secondary N) is 1. The van der Waals surface area contributed by atoms with Crippen LogP contribution in [0.3, 0.4) is 0 Å². The Labute approximate surface area is 100 Å². The molecule has 0 heterocycles. The van der Waals surface area contributed by atoms with Gasteiger partial charge in [0.1, 0.15) is 0 Å². The second kappa shape index (κ2) is 12.9. The van der Waals surface area contributed by atoms with Crippen LogP contribution >= 0.6 is 0 Å². The van der Waals surface area contributed by atoms with Crippen molar-refractivity contribution < 1.29 is 10.2 Å². The number of aliphatic hydroxyl groups excluding tert-OH is 2. The number of hydrogen-bond donors (Lipinski definition) is 3. The fraction of sp³-hybridized carbons (Fsp3) is 1.00. The molecule has 0 aliphatic carbocycles. The third-order valence-electron chi connectivity index (χ3n) is 2.93. The van der Waals surface area contributed by atoms with Gasteiger partial charge in [0.25, 0.3) is 0 Å². The van der Waals surface area contributed by atoms with Crippen LogP contribution in [-0.4, -0.2) is 36.5 Å². The Morgan fingerprint density at radius 3 is 2.31 bits per heavy atom. The monoisotopic (exact) mass is 231 g/mol. The minimum Gasteiger partial charge on any atom is -0.396 e. The van der Waals surface area contributed by atoms with Crippen molar-refractivity contribution in [3.8, 4) is 0 Å². The van der Waals surface area contributed by atoms with E-state index >= 15 is 0 Å². The van der Waals surface area contributed by atoms with E-state index in [0.717, 1.165) is 32.4 Å². The molecule has 16 heavy (non-hydrogen) atoms. The van der Waals surface area contributed by atoms with E-state index in [0.29, 0.717) is 19.1 Å². The second-order valence-corrected chi connectivity index (χ2v) is 4.51. The summed E-state index contributed by atoms with van der Waals surface area (Å²) < 4.78 is 0. The first-order chi connectivity index (χ1) is 7.85. The van der Waals surface area contributed by atoms with E-state index in [9.17, 15) is 0 Å². The van der Waals surface area contributed by atoms with Gasteiger partial charge in [0, 0.05) is 13.2 Å². The van der Waals surface area contributed by atoms with Gasteiger partial charge in [-0.25, -0.2) is 0 Å². The molecule has 3 heteroatoms. The van der Waals surface area contributed by atoms with Crippen LogP contribution in [0.1, 0.15) is 51.9 Å². The lowest BCUT2D eigenvalue weighted by Crippen LogP contribution is -2.24. The summed E-state index contributed by atoms with van der Waals surface area (Å²) in [5.41, 5.74) is 0. The number of rotatable bonds is 12. The number of hydrogen-bond acceptors (Lipinski definition) is 3. The first-order valence-corrected chi connectivity index (χ1v) is 6.77. The summed E-state index contributed by atoms with van der Waals surface area (Å²) >= 11 is 0. The van der Waals surface area contributed by atoms with E-state index < -0.39 is 0 Å². The maximum atomic E-state index is 8.91. The van der Waals surface area contributed by atoms with Crippen LogP contribution in [0.25, 0.3) is 0 Å². The van der Waals surface area contributed by atoms with Gasteiger partial charge < -0.3 is 15.5 Å². The first kappa shape index (κ1) is 15.9. The molecule has 0 aromatic heterocycles. The molecule has 1 unspecified atom stereocenters. The Morgan fingerprint density at radius 1 is 0.938 bits per heavy atom. The molecule has 0 aliphatic heterocycles. The molecule has 0 saturated carbocycles. The van der Waals surface area contributed by atoms with Gasteiger partial charge >= 0.3 is 0 Å². The smallest absolute Gasteiger partial charge is 0.0434 e. The molecular weight excluding hydrogens is 202 g/mol. The fourth-order valence-corrected chi connectivity index (χ4v) is 1.96. The molecule has 0 aromatic carbocycles. The van der Waals surface area contributed by atoms with Gasteiger partial charge in [0.15, 0.2) is 0 Å². The largest absolute Gasteiger partial charge is 0.396 e. The highest BCUT2D eigenvalue weighted by Crippen LogP contribution is 2.09. The Morgan fingerprint density at radius 2 is 1.69 bits per heavy atom. The Balaban J connectivity index is 3.25. The Hall–Kier alpha value is -0.120. The van der Waals surface area contributed by atoms with Gasteiger partial charge in [-0.2, -0.15) is 0 Å². The highest BCUT2D eigenvalue weighted by molar-refractivity contribution is 4.62. The van der Waals surface area contributed by atoms with Crippen molar-refractivity contribution in [3.63, 3.8) is 0 Å². The molecule has 1 atom stereocenters. The predicted octanol–water partition coefficient (Wildman–Crippen LogP) is 1.93. The lowest BCUT2D eigenvalue weighted by Gasteiger charge is -2.15. The van der Waals surface area contributed by atoms with E-state index in [2.05, 4.69) is 12.2 Å². The van der Waals surface area contributed by atoms with Gasteiger partial charge in [-0.1, -0.05) is 26.2 Å². The number of aliphatic hydroxyl groups is 2. The van der Waals surface area contributed by atoms with E-state index in [1.165, 1.54) is 25.7 Å². The van der Waals surface area contributed by atoms with Crippen molar-refractivity contribution in [2.24, 2.45) is 5.92 Å². The first-order valence-electron chi connectivity index (χ1n) is 6.77. The molecule has 0 rings (SSSR count). The minimum atomic E-state index is 0.308. The zero-order valence-electron chi connectivity index (χ0n) is 10.7. The molecule has 0 aliphatic rings. The fourth-order valence-electron chi connectivity index (χ4n) is 1.96. The zero-order chi connectivity index (χ0) is 12.1. The summed E-state index contributed by atoms with van der Waals surface area (Å²) in [6.07, 6.45) is 7.78. The second-order valence-electron chi connectivity index (χ2n) is 4.51. The SMILES string of the molecule is CCCC(CCO)CNCCCCCCO. The van der Waals surface area contributed by atoms with Gasteiger partial charge in [0.05, 0.1) is 0 Å². The summed E-state index contributed by atoms with van der Waals surface area (Å²) in [5.74, 6) is 0.632. The summed E-state index contributed by atoms with van der Waals surface area (Å²) in [6.45, 7) is 4.93. The maximum Gasteiger partial charge on any atom is 0.0434 e. The van der Waals surface area contributed by atoms with E-state index in [4.69, 9.17) is 10.2 Å². The topological polar surface area (TPSA) is 52.5 Å². The summed E-state index contributed by atoms with van der Waals surface area (Å²) in [5, 5.41) is 21.0. The van der Waals surface area contributed by atoms with Crippen molar-refractivity contribution >= 4 is 0 Å². The van der Waals surface area contributed by atoms with E-state index in [-0.39, 0.29) is 0 Å².